The van der Waals surface area contributed by atoms with Gasteiger partial charge < -0.3 is 5.11 Å². The number of aromatic nitrogens is 2. The molecule has 124 valence electrons. The van der Waals surface area contributed by atoms with Crippen molar-refractivity contribution in [2.75, 3.05) is 13.1 Å². The first-order valence-electron chi connectivity index (χ1n) is 9.06. The molecule has 1 N–H and O–H groups in total. The third-order valence-corrected chi connectivity index (χ3v) is 5.55. The van der Waals surface area contributed by atoms with Crippen LogP contribution in [0.25, 0.3) is 0 Å². The van der Waals surface area contributed by atoms with Crippen LogP contribution in [0.2, 0.25) is 0 Å². The first kappa shape index (κ1) is 16.0. The summed E-state index contributed by atoms with van der Waals surface area (Å²) >= 11 is 0. The molecular weight excluding hydrogens is 274 g/mol. The van der Waals surface area contributed by atoms with Gasteiger partial charge in [-0.25, -0.2) is 0 Å². The fraction of sp³-hybridized carbons (Fsp3) is 0.833. The van der Waals surface area contributed by atoms with Crippen LogP contribution in [0.1, 0.15) is 69.0 Å². The van der Waals surface area contributed by atoms with Crippen LogP contribution in [0.5, 0.6) is 0 Å². The normalized spacial score (nSPS) is 26.2. The SMILES string of the molecule is C[C@@H](O)[C@@H]1CCCN(Cc2cn(C)nc2C2CCCCC2)C1. The topological polar surface area (TPSA) is 41.3 Å². The Hall–Kier alpha value is -0.870. The van der Waals surface area contributed by atoms with Crippen molar-refractivity contribution in [3.8, 4) is 0 Å². The molecule has 1 aliphatic heterocycles. The number of rotatable bonds is 4. The highest BCUT2D eigenvalue weighted by Crippen LogP contribution is 2.34. The summed E-state index contributed by atoms with van der Waals surface area (Å²) in [6.45, 7) is 5.12. The van der Waals surface area contributed by atoms with Crippen molar-refractivity contribution in [2.24, 2.45) is 13.0 Å². The highest BCUT2D eigenvalue weighted by Gasteiger charge is 2.26. The van der Waals surface area contributed by atoms with Crippen molar-refractivity contribution in [2.45, 2.75) is 70.4 Å². The minimum Gasteiger partial charge on any atom is -0.393 e. The molecule has 0 radical (unpaired) electrons. The van der Waals surface area contributed by atoms with Crippen LogP contribution < -0.4 is 0 Å². The lowest BCUT2D eigenvalue weighted by atomic mass is 9.85. The molecule has 2 heterocycles. The van der Waals surface area contributed by atoms with Crippen LogP contribution >= 0.6 is 0 Å². The largest absolute Gasteiger partial charge is 0.393 e. The highest BCUT2D eigenvalue weighted by atomic mass is 16.3. The van der Waals surface area contributed by atoms with Crippen LogP contribution in [0.4, 0.5) is 0 Å². The van der Waals surface area contributed by atoms with Crippen molar-refractivity contribution in [1.82, 2.24) is 14.7 Å². The molecule has 1 aromatic rings. The van der Waals surface area contributed by atoms with Crippen LogP contribution in [-0.4, -0.2) is 39.0 Å². The minimum absolute atomic E-state index is 0.186. The van der Waals surface area contributed by atoms with Crippen LogP contribution in [0, 0.1) is 5.92 Å². The molecule has 2 atom stereocenters. The lowest BCUT2D eigenvalue weighted by molar-refractivity contribution is 0.0597. The summed E-state index contributed by atoms with van der Waals surface area (Å²) in [7, 11) is 2.05. The summed E-state index contributed by atoms with van der Waals surface area (Å²) in [5.41, 5.74) is 2.77. The van der Waals surface area contributed by atoms with E-state index in [4.69, 9.17) is 5.10 Å². The molecule has 0 bridgehead atoms. The van der Waals surface area contributed by atoms with Crippen molar-refractivity contribution >= 4 is 0 Å². The van der Waals surface area contributed by atoms with Gasteiger partial charge in [-0.05, 0) is 45.1 Å². The van der Waals surface area contributed by atoms with E-state index in [2.05, 4.69) is 11.1 Å². The van der Waals surface area contributed by atoms with E-state index in [1.807, 2.05) is 18.7 Å². The highest BCUT2D eigenvalue weighted by molar-refractivity contribution is 5.21. The molecule has 22 heavy (non-hydrogen) atoms. The van der Waals surface area contributed by atoms with Gasteiger partial charge in [0.25, 0.3) is 0 Å². The standard InChI is InChI=1S/C18H31N3O/c1-14(22)16-9-6-10-21(12-16)13-17-11-20(2)19-18(17)15-7-4-3-5-8-15/h11,14-16,22H,3-10,12-13H2,1-2H3/t14-,16-/m1/s1. The Balaban J connectivity index is 1.69. The summed E-state index contributed by atoms with van der Waals surface area (Å²) < 4.78 is 2.00. The van der Waals surface area contributed by atoms with Crippen molar-refractivity contribution in [3.05, 3.63) is 17.5 Å². The molecule has 0 spiro atoms. The molecule has 4 nitrogen and oxygen atoms in total. The Bertz CT molecular complexity index is 477. The van der Waals surface area contributed by atoms with Crippen LogP contribution in [-0.2, 0) is 13.6 Å². The van der Waals surface area contributed by atoms with Gasteiger partial charge in [-0.1, -0.05) is 19.3 Å². The Kier molecular flexibility index (Phi) is 5.19. The van der Waals surface area contributed by atoms with E-state index in [1.165, 1.54) is 49.8 Å². The van der Waals surface area contributed by atoms with Gasteiger partial charge in [0.15, 0.2) is 0 Å². The monoisotopic (exact) mass is 305 g/mol. The molecule has 1 aliphatic carbocycles. The Morgan fingerprint density at radius 3 is 2.73 bits per heavy atom. The second kappa shape index (κ2) is 7.14. The average molecular weight is 305 g/mol. The number of aryl methyl sites for hydroxylation is 1. The predicted molar refractivity (Wildman–Crippen MR) is 88.7 cm³/mol. The molecule has 0 amide bonds. The molecule has 2 aliphatic rings. The zero-order valence-corrected chi connectivity index (χ0v) is 14.2. The summed E-state index contributed by atoms with van der Waals surface area (Å²) in [4.78, 5) is 2.52. The smallest absolute Gasteiger partial charge is 0.0700 e. The lowest BCUT2D eigenvalue weighted by Crippen LogP contribution is -2.39. The maximum Gasteiger partial charge on any atom is 0.0700 e. The zero-order valence-electron chi connectivity index (χ0n) is 14.2. The fourth-order valence-corrected chi connectivity index (χ4v) is 4.27. The number of piperidine rings is 1. The van der Waals surface area contributed by atoms with Gasteiger partial charge in [-0.2, -0.15) is 5.10 Å². The summed E-state index contributed by atoms with van der Waals surface area (Å²) in [5.74, 6) is 1.10. The number of aliphatic hydroxyl groups excluding tert-OH is 1. The van der Waals surface area contributed by atoms with E-state index < -0.39 is 0 Å². The lowest BCUT2D eigenvalue weighted by Gasteiger charge is -2.34. The third kappa shape index (κ3) is 3.72. The first-order chi connectivity index (χ1) is 10.6. The fourth-order valence-electron chi connectivity index (χ4n) is 4.27. The van der Waals surface area contributed by atoms with Crippen LogP contribution in [0.3, 0.4) is 0 Å². The summed E-state index contributed by atoms with van der Waals surface area (Å²) in [5, 5.41) is 14.7. The number of hydrogen-bond acceptors (Lipinski definition) is 3. The molecule has 0 unspecified atom stereocenters. The molecule has 3 rings (SSSR count). The van der Waals surface area contributed by atoms with E-state index in [9.17, 15) is 5.11 Å². The van der Waals surface area contributed by atoms with E-state index >= 15 is 0 Å². The van der Waals surface area contributed by atoms with E-state index in [-0.39, 0.29) is 6.10 Å². The van der Waals surface area contributed by atoms with Gasteiger partial charge in [0, 0.05) is 37.8 Å². The third-order valence-electron chi connectivity index (χ3n) is 5.55. The van der Waals surface area contributed by atoms with Gasteiger partial charge in [0.2, 0.25) is 0 Å². The van der Waals surface area contributed by atoms with E-state index in [0.29, 0.717) is 11.8 Å². The molecule has 1 saturated carbocycles. The van der Waals surface area contributed by atoms with Gasteiger partial charge in [-0.15, -0.1) is 0 Å². The molecule has 2 fully saturated rings. The quantitative estimate of drug-likeness (QED) is 0.929. The number of hydrogen-bond donors (Lipinski definition) is 1. The summed E-state index contributed by atoms with van der Waals surface area (Å²) in [6, 6.07) is 0. The predicted octanol–water partition coefficient (Wildman–Crippen LogP) is 3.06. The molecule has 1 saturated heterocycles. The van der Waals surface area contributed by atoms with E-state index in [0.717, 1.165) is 26.1 Å². The molecule has 0 aromatic carbocycles. The second-order valence-corrected chi connectivity index (χ2v) is 7.43. The number of likely N-dealkylation sites (tertiary alicyclic amines) is 1. The van der Waals surface area contributed by atoms with E-state index in [1.54, 1.807) is 0 Å². The second-order valence-electron chi connectivity index (χ2n) is 7.43. The molecular formula is C18H31N3O. The number of aliphatic hydroxyl groups is 1. The van der Waals surface area contributed by atoms with Gasteiger partial charge in [-0.3, -0.25) is 9.58 Å². The summed E-state index contributed by atoms with van der Waals surface area (Å²) in [6.07, 6.45) is 11.1. The van der Waals surface area contributed by atoms with Crippen LogP contribution in [0.15, 0.2) is 6.20 Å². The van der Waals surface area contributed by atoms with Crippen molar-refractivity contribution < 1.29 is 5.11 Å². The van der Waals surface area contributed by atoms with Crippen molar-refractivity contribution in [1.29, 1.82) is 0 Å². The molecule has 4 heteroatoms. The maximum atomic E-state index is 9.88. The Labute approximate surface area is 134 Å². The van der Waals surface area contributed by atoms with Crippen molar-refractivity contribution in [3.63, 3.8) is 0 Å². The average Bonchev–Trinajstić information content (AvgIpc) is 2.89. The van der Waals surface area contributed by atoms with Gasteiger partial charge >= 0.3 is 0 Å². The Morgan fingerprint density at radius 2 is 2.00 bits per heavy atom. The first-order valence-corrected chi connectivity index (χ1v) is 9.06. The van der Waals surface area contributed by atoms with Gasteiger partial charge in [0.1, 0.15) is 0 Å². The Morgan fingerprint density at radius 1 is 1.23 bits per heavy atom. The zero-order chi connectivity index (χ0) is 15.5. The maximum absolute atomic E-state index is 9.88. The molecule has 1 aromatic heterocycles. The number of nitrogens with zero attached hydrogens (tertiary/aromatic N) is 3. The minimum atomic E-state index is -0.186. The van der Waals surface area contributed by atoms with Gasteiger partial charge in [0.05, 0.1) is 11.8 Å².